The molecule has 0 radical (unpaired) electrons. The number of urea groups is 1. The normalized spacial score (nSPS) is 25.2. The Labute approximate surface area is 176 Å². The Morgan fingerprint density at radius 2 is 1.93 bits per heavy atom. The molecular formula is C23H27N5O2. The van der Waals surface area contributed by atoms with Crippen molar-refractivity contribution in [3.05, 3.63) is 60.4 Å². The molecule has 2 atom stereocenters. The number of hydrogen-bond donors (Lipinski definition) is 2. The first-order valence-electron chi connectivity index (χ1n) is 10.7. The highest BCUT2D eigenvalue weighted by Crippen LogP contribution is 2.44. The Balaban J connectivity index is 1.22. The van der Waals surface area contributed by atoms with E-state index in [1.54, 1.807) is 6.20 Å². The minimum Gasteiger partial charge on any atom is -0.350 e. The van der Waals surface area contributed by atoms with Crippen LogP contribution in [-0.2, 0) is 11.3 Å². The maximum Gasteiger partial charge on any atom is 0.321 e. The van der Waals surface area contributed by atoms with E-state index in [0.717, 1.165) is 38.2 Å². The fraction of sp³-hybridized carbons (Fsp3) is 0.435. The zero-order valence-corrected chi connectivity index (χ0v) is 17.0. The van der Waals surface area contributed by atoms with E-state index in [-0.39, 0.29) is 23.4 Å². The highest BCUT2D eigenvalue weighted by Gasteiger charge is 2.57. The first-order valence-corrected chi connectivity index (χ1v) is 10.7. The number of carbonyl (C=O) groups excluding carboxylic acids is 2. The topological polar surface area (TPSA) is 77.6 Å². The van der Waals surface area contributed by atoms with Crippen LogP contribution in [0.4, 0.5) is 10.5 Å². The molecule has 1 aromatic heterocycles. The largest absolute Gasteiger partial charge is 0.350 e. The lowest BCUT2D eigenvalue weighted by atomic mass is 9.75. The Hall–Kier alpha value is -2.93. The van der Waals surface area contributed by atoms with E-state index in [2.05, 4.69) is 26.6 Å². The highest BCUT2D eigenvalue weighted by molar-refractivity contribution is 5.89. The lowest BCUT2D eigenvalue weighted by Gasteiger charge is -2.42. The number of likely N-dealkylation sites (tertiary alicyclic amines) is 2. The standard InChI is InChI=1S/C23H27N5O2/c29-21-19-15-27(14-17-5-4-10-24-13-17)16-20(19)23(26-21)8-11-28(12-9-23)22(30)25-18-6-2-1-3-7-18/h1-7,10,13,19-20H,8-9,11-12,14-16H2,(H,25,30)(H,26,29)/t19-,20+/m1/s1. The molecule has 2 N–H and O–H groups in total. The van der Waals surface area contributed by atoms with Gasteiger partial charge in [0.15, 0.2) is 0 Å². The minimum atomic E-state index is -0.186. The number of anilines is 1. The molecule has 2 aromatic rings. The van der Waals surface area contributed by atoms with Gasteiger partial charge >= 0.3 is 6.03 Å². The van der Waals surface area contributed by atoms with E-state index in [1.165, 1.54) is 5.56 Å². The second-order valence-corrected chi connectivity index (χ2v) is 8.70. The summed E-state index contributed by atoms with van der Waals surface area (Å²) >= 11 is 0. The number of benzene rings is 1. The summed E-state index contributed by atoms with van der Waals surface area (Å²) in [6, 6.07) is 13.5. The summed E-state index contributed by atoms with van der Waals surface area (Å²) in [5, 5.41) is 6.29. The van der Waals surface area contributed by atoms with Gasteiger partial charge in [0.1, 0.15) is 0 Å². The van der Waals surface area contributed by atoms with Crippen LogP contribution in [-0.4, -0.2) is 58.4 Å². The van der Waals surface area contributed by atoms with E-state index < -0.39 is 0 Å². The number of nitrogens with zero attached hydrogens (tertiary/aromatic N) is 3. The summed E-state index contributed by atoms with van der Waals surface area (Å²) < 4.78 is 0. The van der Waals surface area contributed by atoms with E-state index in [4.69, 9.17) is 0 Å². The maximum absolute atomic E-state index is 12.7. The van der Waals surface area contributed by atoms with Gasteiger partial charge in [0, 0.05) is 62.3 Å². The van der Waals surface area contributed by atoms with Gasteiger partial charge in [0.2, 0.25) is 5.91 Å². The fourth-order valence-corrected chi connectivity index (χ4v) is 5.35. The SMILES string of the molecule is O=C1NC2(CCN(C(=O)Nc3ccccc3)CC2)[C@H]2CN(Cc3cccnc3)C[C@@H]12. The van der Waals surface area contributed by atoms with E-state index >= 15 is 0 Å². The number of aromatic nitrogens is 1. The number of fused-ring (bicyclic) bond motifs is 2. The van der Waals surface area contributed by atoms with Crippen molar-refractivity contribution < 1.29 is 9.59 Å². The Kier molecular flexibility index (Phi) is 4.90. The highest BCUT2D eigenvalue weighted by atomic mass is 16.2. The lowest BCUT2D eigenvalue weighted by Crippen LogP contribution is -2.56. The van der Waals surface area contributed by atoms with Crippen LogP contribution in [0, 0.1) is 11.8 Å². The molecule has 0 bridgehead atoms. The molecule has 3 saturated heterocycles. The van der Waals surface area contributed by atoms with E-state index in [1.807, 2.05) is 47.5 Å². The predicted octanol–water partition coefficient (Wildman–Crippen LogP) is 2.33. The van der Waals surface area contributed by atoms with Gasteiger partial charge in [-0.2, -0.15) is 0 Å². The summed E-state index contributed by atoms with van der Waals surface area (Å²) in [5.74, 6) is 0.531. The fourth-order valence-electron chi connectivity index (χ4n) is 5.35. The van der Waals surface area contributed by atoms with Crippen LogP contribution in [0.5, 0.6) is 0 Å². The van der Waals surface area contributed by atoms with Crippen LogP contribution in [0.15, 0.2) is 54.9 Å². The second-order valence-electron chi connectivity index (χ2n) is 8.70. The van der Waals surface area contributed by atoms with Crippen LogP contribution >= 0.6 is 0 Å². The molecule has 3 aliphatic rings. The summed E-state index contributed by atoms with van der Waals surface area (Å²) in [5.41, 5.74) is 1.80. The van der Waals surface area contributed by atoms with Crippen molar-refractivity contribution in [2.45, 2.75) is 24.9 Å². The molecule has 0 unspecified atom stereocenters. The maximum atomic E-state index is 12.7. The van der Waals surface area contributed by atoms with Crippen LogP contribution in [0.1, 0.15) is 18.4 Å². The van der Waals surface area contributed by atoms with Crippen molar-refractivity contribution in [1.29, 1.82) is 0 Å². The molecule has 1 aromatic carbocycles. The van der Waals surface area contributed by atoms with Crippen LogP contribution in [0.2, 0.25) is 0 Å². The minimum absolute atomic E-state index is 0.0476. The summed E-state index contributed by atoms with van der Waals surface area (Å²) in [6.07, 6.45) is 5.30. The third kappa shape index (κ3) is 3.54. The quantitative estimate of drug-likeness (QED) is 0.822. The molecule has 3 aliphatic heterocycles. The van der Waals surface area contributed by atoms with Crippen molar-refractivity contribution in [2.24, 2.45) is 11.8 Å². The number of nitrogens with one attached hydrogen (secondary N) is 2. The molecular weight excluding hydrogens is 378 g/mol. The molecule has 1 spiro atoms. The first-order chi connectivity index (χ1) is 14.6. The lowest BCUT2D eigenvalue weighted by molar-refractivity contribution is -0.123. The molecule has 7 nitrogen and oxygen atoms in total. The summed E-state index contributed by atoms with van der Waals surface area (Å²) in [7, 11) is 0. The van der Waals surface area contributed by atoms with Crippen molar-refractivity contribution in [3.63, 3.8) is 0 Å². The average molecular weight is 406 g/mol. The molecule has 156 valence electrons. The summed E-state index contributed by atoms with van der Waals surface area (Å²) in [6.45, 7) is 3.85. The predicted molar refractivity (Wildman–Crippen MR) is 114 cm³/mol. The number of hydrogen-bond acceptors (Lipinski definition) is 4. The van der Waals surface area contributed by atoms with Gasteiger partial charge in [0.05, 0.1) is 5.92 Å². The van der Waals surface area contributed by atoms with Crippen LogP contribution in [0.25, 0.3) is 0 Å². The van der Waals surface area contributed by atoms with Gasteiger partial charge in [0.25, 0.3) is 0 Å². The van der Waals surface area contributed by atoms with Gasteiger partial charge < -0.3 is 15.5 Å². The molecule has 0 saturated carbocycles. The Morgan fingerprint density at radius 3 is 2.67 bits per heavy atom. The smallest absolute Gasteiger partial charge is 0.321 e. The molecule has 3 fully saturated rings. The zero-order chi connectivity index (χ0) is 20.6. The van der Waals surface area contributed by atoms with Gasteiger partial charge in [-0.05, 0) is 36.6 Å². The molecule has 3 amide bonds. The number of rotatable bonds is 3. The van der Waals surface area contributed by atoms with E-state index in [9.17, 15) is 9.59 Å². The van der Waals surface area contributed by atoms with Gasteiger partial charge in [-0.15, -0.1) is 0 Å². The molecule has 30 heavy (non-hydrogen) atoms. The third-order valence-electron chi connectivity index (χ3n) is 6.91. The summed E-state index contributed by atoms with van der Waals surface area (Å²) in [4.78, 5) is 33.8. The molecule has 5 rings (SSSR count). The number of piperidine rings is 1. The van der Waals surface area contributed by atoms with Gasteiger partial charge in [-0.3, -0.25) is 14.7 Å². The Morgan fingerprint density at radius 1 is 1.13 bits per heavy atom. The number of amides is 3. The van der Waals surface area contributed by atoms with E-state index in [0.29, 0.717) is 19.0 Å². The van der Waals surface area contributed by atoms with Crippen molar-refractivity contribution in [2.75, 3.05) is 31.5 Å². The number of carbonyl (C=O) groups is 2. The van der Waals surface area contributed by atoms with Gasteiger partial charge in [-0.25, -0.2) is 4.79 Å². The van der Waals surface area contributed by atoms with Crippen LogP contribution < -0.4 is 10.6 Å². The average Bonchev–Trinajstić information content (AvgIpc) is 3.29. The van der Waals surface area contributed by atoms with Crippen molar-refractivity contribution in [1.82, 2.24) is 20.1 Å². The van der Waals surface area contributed by atoms with Gasteiger partial charge in [-0.1, -0.05) is 24.3 Å². The van der Waals surface area contributed by atoms with Crippen molar-refractivity contribution >= 4 is 17.6 Å². The third-order valence-corrected chi connectivity index (χ3v) is 6.91. The zero-order valence-electron chi connectivity index (χ0n) is 17.0. The number of para-hydroxylation sites is 1. The number of pyridine rings is 1. The molecule has 7 heteroatoms. The first kappa shape index (κ1) is 19.1. The second kappa shape index (κ2) is 7.72. The van der Waals surface area contributed by atoms with Crippen LogP contribution in [0.3, 0.4) is 0 Å². The monoisotopic (exact) mass is 405 g/mol. The Bertz CT molecular complexity index is 912. The van der Waals surface area contributed by atoms with Crippen molar-refractivity contribution in [3.8, 4) is 0 Å². The molecule has 4 heterocycles. The molecule has 0 aliphatic carbocycles.